The Morgan fingerprint density at radius 1 is 1.31 bits per heavy atom. The van der Waals surface area contributed by atoms with Gasteiger partial charge in [-0.15, -0.1) is 0 Å². The number of carbonyl (C=O) groups excluding carboxylic acids is 1. The van der Waals surface area contributed by atoms with Crippen LogP contribution >= 0.6 is 0 Å². The van der Waals surface area contributed by atoms with Crippen LogP contribution in [0.25, 0.3) is 0 Å². The van der Waals surface area contributed by atoms with Gasteiger partial charge in [0.15, 0.2) is 0 Å². The monoisotopic (exact) mass is 226 g/mol. The summed E-state index contributed by atoms with van der Waals surface area (Å²) < 4.78 is 0. The van der Waals surface area contributed by atoms with Gasteiger partial charge in [0.1, 0.15) is 5.78 Å². The van der Waals surface area contributed by atoms with Gasteiger partial charge in [-0.3, -0.25) is 9.69 Å². The smallest absolute Gasteiger partial charge is 0.138 e. The molecule has 1 aliphatic heterocycles. The topological polar surface area (TPSA) is 23.6 Å². The van der Waals surface area contributed by atoms with Crippen LogP contribution in [0, 0.1) is 5.92 Å². The number of hydrogen-bond acceptors (Lipinski definition) is 3. The molecule has 1 saturated heterocycles. The zero-order valence-corrected chi connectivity index (χ0v) is 11.2. The molecular formula is C13H26N2O. The van der Waals surface area contributed by atoms with E-state index < -0.39 is 0 Å². The minimum Gasteiger partial charge on any atom is -0.309 e. The van der Waals surface area contributed by atoms with Crippen molar-refractivity contribution < 1.29 is 4.79 Å². The molecule has 2 atom stereocenters. The summed E-state index contributed by atoms with van der Waals surface area (Å²) >= 11 is 0. The Morgan fingerprint density at radius 2 is 2.00 bits per heavy atom. The van der Waals surface area contributed by atoms with Gasteiger partial charge in [-0.1, -0.05) is 6.92 Å². The van der Waals surface area contributed by atoms with Gasteiger partial charge in [-0.25, -0.2) is 0 Å². The van der Waals surface area contributed by atoms with Gasteiger partial charge in [0.25, 0.3) is 0 Å². The lowest BCUT2D eigenvalue weighted by Crippen LogP contribution is -2.47. The third kappa shape index (κ3) is 3.87. The Kier molecular flexibility index (Phi) is 5.42. The second-order valence-electron chi connectivity index (χ2n) is 5.29. The minimum atomic E-state index is 0.225. The van der Waals surface area contributed by atoms with Crippen LogP contribution in [-0.2, 0) is 4.79 Å². The SMILES string of the molecule is CC1C(=O)CCN(CCCCN(C)C)C1C. The van der Waals surface area contributed by atoms with Crippen molar-refractivity contribution in [1.29, 1.82) is 0 Å². The molecule has 0 saturated carbocycles. The van der Waals surface area contributed by atoms with E-state index in [1.165, 1.54) is 12.8 Å². The highest BCUT2D eigenvalue weighted by Gasteiger charge is 2.29. The maximum Gasteiger partial charge on any atom is 0.138 e. The first-order valence-electron chi connectivity index (χ1n) is 6.44. The fourth-order valence-electron chi connectivity index (χ4n) is 2.33. The van der Waals surface area contributed by atoms with E-state index in [-0.39, 0.29) is 5.92 Å². The predicted molar refractivity (Wildman–Crippen MR) is 67.6 cm³/mol. The molecule has 1 heterocycles. The first-order chi connectivity index (χ1) is 7.52. The van der Waals surface area contributed by atoms with Crippen LogP contribution < -0.4 is 0 Å². The normalized spacial score (nSPS) is 27.7. The largest absolute Gasteiger partial charge is 0.309 e. The molecule has 0 spiro atoms. The predicted octanol–water partition coefficient (Wildman–Crippen LogP) is 1.63. The van der Waals surface area contributed by atoms with E-state index in [4.69, 9.17) is 0 Å². The molecule has 0 aromatic heterocycles. The summed E-state index contributed by atoms with van der Waals surface area (Å²) in [4.78, 5) is 16.2. The lowest BCUT2D eigenvalue weighted by atomic mass is 9.90. The Balaban J connectivity index is 2.24. The quantitative estimate of drug-likeness (QED) is 0.666. The molecular weight excluding hydrogens is 200 g/mol. The highest BCUT2D eigenvalue weighted by atomic mass is 16.1. The molecule has 0 bridgehead atoms. The van der Waals surface area contributed by atoms with Crippen molar-refractivity contribution in [2.45, 2.75) is 39.2 Å². The van der Waals surface area contributed by atoms with Gasteiger partial charge >= 0.3 is 0 Å². The summed E-state index contributed by atoms with van der Waals surface area (Å²) in [7, 11) is 4.23. The molecule has 0 radical (unpaired) electrons. The number of carbonyl (C=O) groups is 1. The van der Waals surface area contributed by atoms with E-state index in [1.807, 2.05) is 0 Å². The van der Waals surface area contributed by atoms with Crippen molar-refractivity contribution >= 4 is 5.78 Å². The lowest BCUT2D eigenvalue weighted by molar-refractivity contribution is -0.127. The molecule has 0 N–H and O–H groups in total. The fraction of sp³-hybridized carbons (Fsp3) is 0.923. The molecule has 1 aliphatic rings. The number of Topliss-reactive ketones (excluding diaryl/α,β-unsaturated/α-hetero) is 1. The first-order valence-corrected chi connectivity index (χ1v) is 6.44. The molecule has 1 fully saturated rings. The van der Waals surface area contributed by atoms with Crippen LogP contribution in [0.15, 0.2) is 0 Å². The summed E-state index contributed by atoms with van der Waals surface area (Å²) in [5.74, 6) is 0.666. The number of unbranched alkanes of at least 4 members (excludes halogenated alkanes) is 1. The van der Waals surface area contributed by atoms with Crippen molar-refractivity contribution in [3.63, 3.8) is 0 Å². The molecule has 0 aromatic rings. The average molecular weight is 226 g/mol. The second-order valence-corrected chi connectivity index (χ2v) is 5.29. The molecule has 0 aliphatic carbocycles. The van der Waals surface area contributed by atoms with Gasteiger partial charge in [0.2, 0.25) is 0 Å². The number of hydrogen-bond donors (Lipinski definition) is 0. The van der Waals surface area contributed by atoms with E-state index in [0.29, 0.717) is 11.8 Å². The summed E-state index contributed by atoms with van der Waals surface area (Å²) in [6.07, 6.45) is 3.24. The molecule has 3 heteroatoms. The number of piperidine rings is 1. The molecule has 2 unspecified atom stereocenters. The minimum absolute atomic E-state index is 0.225. The molecule has 94 valence electrons. The van der Waals surface area contributed by atoms with Crippen molar-refractivity contribution in [2.75, 3.05) is 33.7 Å². The summed E-state index contributed by atoms with van der Waals surface area (Å²) in [6, 6.07) is 0.431. The third-order valence-corrected chi connectivity index (χ3v) is 3.75. The lowest BCUT2D eigenvalue weighted by Gasteiger charge is -2.37. The molecule has 0 amide bonds. The summed E-state index contributed by atoms with van der Waals surface area (Å²) in [5, 5.41) is 0. The number of ketones is 1. The Labute approximate surface area is 99.8 Å². The van der Waals surface area contributed by atoms with Crippen LogP contribution in [0.5, 0.6) is 0 Å². The maximum atomic E-state index is 11.5. The Hall–Kier alpha value is -0.410. The Bertz CT molecular complexity index is 228. The van der Waals surface area contributed by atoms with Crippen molar-refractivity contribution in [1.82, 2.24) is 9.80 Å². The van der Waals surface area contributed by atoms with Crippen molar-refractivity contribution in [3.05, 3.63) is 0 Å². The number of likely N-dealkylation sites (tertiary alicyclic amines) is 1. The van der Waals surface area contributed by atoms with Crippen molar-refractivity contribution in [2.24, 2.45) is 5.92 Å². The van der Waals surface area contributed by atoms with Crippen LogP contribution in [0.4, 0.5) is 0 Å². The van der Waals surface area contributed by atoms with Crippen molar-refractivity contribution in [3.8, 4) is 0 Å². The zero-order chi connectivity index (χ0) is 12.1. The molecule has 3 nitrogen and oxygen atoms in total. The van der Waals surface area contributed by atoms with Gasteiger partial charge in [0.05, 0.1) is 0 Å². The van der Waals surface area contributed by atoms with Gasteiger partial charge in [-0.2, -0.15) is 0 Å². The van der Waals surface area contributed by atoms with E-state index in [1.54, 1.807) is 0 Å². The third-order valence-electron chi connectivity index (χ3n) is 3.75. The Morgan fingerprint density at radius 3 is 2.62 bits per heavy atom. The van der Waals surface area contributed by atoms with Gasteiger partial charge in [-0.05, 0) is 47.0 Å². The highest BCUT2D eigenvalue weighted by molar-refractivity contribution is 5.82. The highest BCUT2D eigenvalue weighted by Crippen LogP contribution is 2.20. The van der Waals surface area contributed by atoms with Crippen LogP contribution in [0.1, 0.15) is 33.1 Å². The zero-order valence-electron chi connectivity index (χ0n) is 11.2. The fourth-order valence-corrected chi connectivity index (χ4v) is 2.33. The van der Waals surface area contributed by atoms with Crippen LogP contribution in [0.2, 0.25) is 0 Å². The summed E-state index contributed by atoms with van der Waals surface area (Å²) in [5.41, 5.74) is 0. The number of rotatable bonds is 5. The molecule has 1 rings (SSSR count). The maximum absolute atomic E-state index is 11.5. The average Bonchev–Trinajstić information content (AvgIpc) is 2.23. The number of nitrogens with zero attached hydrogens (tertiary/aromatic N) is 2. The van der Waals surface area contributed by atoms with Gasteiger partial charge in [0, 0.05) is 24.9 Å². The molecule has 16 heavy (non-hydrogen) atoms. The summed E-state index contributed by atoms with van der Waals surface area (Å²) in [6.45, 7) is 7.53. The van der Waals surface area contributed by atoms with E-state index in [2.05, 4.69) is 37.7 Å². The molecule has 0 aromatic carbocycles. The van der Waals surface area contributed by atoms with Crippen LogP contribution in [0.3, 0.4) is 0 Å². The van der Waals surface area contributed by atoms with E-state index in [0.717, 1.165) is 26.1 Å². The van der Waals surface area contributed by atoms with E-state index in [9.17, 15) is 4.79 Å². The van der Waals surface area contributed by atoms with E-state index >= 15 is 0 Å². The van der Waals surface area contributed by atoms with Gasteiger partial charge < -0.3 is 4.90 Å². The standard InChI is InChI=1S/C13H26N2O/c1-11-12(2)15(10-7-13(11)16)9-6-5-8-14(3)4/h11-12H,5-10H2,1-4H3. The second kappa shape index (κ2) is 6.36. The first kappa shape index (κ1) is 13.7. The van der Waals surface area contributed by atoms with Crippen LogP contribution in [-0.4, -0.2) is 55.4 Å².